The Morgan fingerprint density at radius 2 is 2.29 bits per heavy atom. The molecule has 4 unspecified atom stereocenters. The fourth-order valence-corrected chi connectivity index (χ4v) is 6.00. The summed E-state index contributed by atoms with van der Waals surface area (Å²) in [5.74, 6) is 0. The first-order chi connectivity index (χ1) is 8.26. The monoisotopic (exact) mass is 301 g/mol. The average Bonchev–Trinajstić information content (AvgIpc) is 2.37. The molecule has 92 valence electrons. The van der Waals surface area contributed by atoms with Gasteiger partial charge in [-0.1, -0.05) is 33.1 Å². The summed E-state index contributed by atoms with van der Waals surface area (Å²) < 4.78 is 0. The van der Waals surface area contributed by atoms with Gasteiger partial charge in [-0.15, -0.1) is 17.9 Å². The molecule has 0 saturated carbocycles. The van der Waals surface area contributed by atoms with Crippen molar-refractivity contribution in [2.45, 2.75) is 19.9 Å². The van der Waals surface area contributed by atoms with Gasteiger partial charge in [-0.3, -0.25) is 0 Å². The minimum Gasteiger partial charge on any atom is -0.373 e. The maximum Gasteiger partial charge on any atom is 0.0436 e. The van der Waals surface area contributed by atoms with E-state index >= 15 is 0 Å². The van der Waals surface area contributed by atoms with E-state index in [0.29, 0.717) is 0 Å². The summed E-state index contributed by atoms with van der Waals surface area (Å²) >= 11 is 0. The summed E-state index contributed by atoms with van der Waals surface area (Å²) in [5.41, 5.74) is 2.95. The van der Waals surface area contributed by atoms with Gasteiger partial charge in [-0.05, 0) is 42.4 Å². The van der Waals surface area contributed by atoms with Crippen molar-refractivity contribution in [1.29, 1.82) is 0 Å². The number of nitrogens with zero attached hydrogens (tertiary/aromatic N) is 1. The molecule has 0 saturated heterocycles. The zero-order chi connectivity index (χ0) is 12.3. The van der Waals surface area contributed by atoms with Crippen molar-refractivity contribution < 1.29 is 0 Å². The highest BCUT2D eigenvalue weighted by atomic mass is 32.6. The molecule has 0 fully saturated rings. The minimum atomic E-state index is -0.0696. The van der Waals surface area contributed by atoms with E-state index in [1.165, 1.54) is 12.0 Å². The van der Waals surface area contributed by atoms with Crippen molar-refractivity contribution in [2.75, 3.05) is 6.54 Å². The van der Waals surface area contributed by atoms with E-state index in [-0.39, 0.29) is 7.30 Å². The lowest BCUT2D eigenvalue weighted by Gasteiger charge is -2.28. The zero-order valence-corrected chi connectivity index (χ0v) is 14.3. The lowest BCUT2D eigenvalue weighted by atomic mass is 10.0. The van der Waals surface area contributed by atoms with Crippen LogP contribution in [0.2, 0.25) is 0 Å². The van der Waals surface area contributed by atoms with Gasteiger partial charge in [0.1, 0.15) is 0 Å². The van der Waals surface area contributed by atoms with Crippen LogP contribution in [0, 0.1) is 0 Å². The maximum absolute atomic E-state index is 3.03. The van der Waals surface area contributed by atoms with Gasteiger partial charge in [0, 0.05) is 13.1 Å². The number of hydrogen-bond acceptors (Lipinski definition) is 1. The molecule has 1 aliphatic heterocycles. The fourth-order valence-electron chi connectivity index (χ4n) is 2.10. The number of fused-ring (bicyclic) bond motifs is 1. The van der Waals surface area contributed by atoms with E-state index in [1.54, 1.807) is 10.9 Å². The third-order valence-corrected chi connectivity index (χ3v) is 13.1. The average molecular weight is 301 g/mol. The van der Waals surface area contributed by atoms with Gasteiger partial charge in [0.15, 0.2) is 0 Å². The molecule has 1 aliphatic rings. The molecule has 2 rings (SSSR count). The molecule has 1 aromatic rings. The van der Waals surface area contributed by atoms with Crippen LogP contribution in [0.4, 0.5) is 0 Å². The lowest BCUT2D eigenvalue weighted by Crippen LogP contribution is -2.24. The van der Waals surface area contributed by atoms with Crippen LogP contribution >= 0.6 is 33.1 Å². The van der Waals surface area contributed by atoms with Crippen molar-refractivity contribution in [1.82, 2.24) is 4.90 Å². The number of rotatable bonds is 4. The lowest BCUT2D eigenvalue weighted by molar-refractivity contribution is 0.368. The summed E-state index contributed by atoms with van der Waals surface area (Å²) in [6, 6.07) is 6.73. The van der Waals surface area contributed by atoms with Crippen LogP contribution in [0.1, 0.15) is 24.5 Å². The fraction of sp³-hybridized carbons (Fsp3) is 0.333. The second-order valence-electron chi connectivity index (χ2n) is 4.13. The van der Waals surface area contributed by atoms with Gasteiger partial charge in [-0.2, -0.15) is 0 Å². The summed E-state index contributed by atoms with van der Waals surface area (Å²) in [6.45, 7) is 4.47. The number of benzene rings is 1. The first kappa shape index (κ1) is 13.9. The van der Waals surface area contributed by atoms with Crippen molar-refractivity contribution >= 4 is 44.5 Å². The van der Waals surface area contributed by atoms with E-state index in [0.717, 1.165) is 21.0 Å². The van der Waals surface area contributed by atoms with Crippen molar-refractivity contribution in [3.63, 3.8) is 0 Å². The topological polar surface area (TPSA) is 3.24 Å². The van der Waals surface area contributed by atoms with Crippen LogP contribution in [0.5, 0.6) is 0 Å². The van der Waals surface area contributed by atoms with Crippen LogP contribution in [0.25, 0.3) is 6.08 Å². The summed E-state index contributed by atoms with van der Waals surface area (Å²) in [4.78, 5) is 2.42. The molecule has 5 heteroatoms. The van der Waals surface area contributed by atoms with Crippen molar-refractivity contribution in [3.05, 3.63) is 35.5 Å². The van der Waals surface area contributed by atoms with Crippen molar-refractivity contribution in [3.8, 4) is 0 Å². The van der Waals surface area contributed by atoms with Crippen LogP contribution in [-0.4, -0.2) is 11.4 Å². The molecule has 4 atom stereocenters. The van der Waals surface area contributed by atoms with Gasteiger partial charge in [0.05, 0.1) is 0 Å². The highest BCUT2D eigenvalue weighted by molar-refractivity contribution is 8.63. The Kier molecular flexibility index (Phi) is 5.39. The molecular formula is C12H19NP4. The Bertz CT molecular complexity index is 419. The minimum absolute atomic E-state index is 0.0696. The van der Waals surface area contributed by atoms with Crippen LogP contribution in [0.15, 0.2) is 24.4 Å². The number of hydrogen-bond donors (Lipinski definition) is 0. The zero-order valence-electron chi connectivity index (χ0n) is 10.1. The summed E-state index contributed by atoms with van der Waals surface area (Å²) in [5, 5.41) is 1.56. The quantitative estimate of drug-likeness (QED) is 0.755. The standard InChI is InChI=1S/C12H19NP4/c1-2-7-13-8-6-10-4-3-5-12(11(10)9-13)17(15)16-14/h3-6,8,16H,2,7,9,14-15H2,1H3. The predicted octanol–water partition coefficient (Wildman–Crippen LogP) is 4.16. The molecule has 0 N–H and O–H groups in total. The van der Waals surface area contributed by atoms with E-state index in [2.05, 4.69) is 60.2 Å². The van der Waals surface area contributed by atoms with Crippen LogP contribution in [0.3, 0.4) is 0 Å². The Morgan fingerprint density at radius 1 is 1.47 bits per heavy atom. The van der Waals surface area contributed by atoms with Gasteiger partial charge in [0.25, 0.3) is 0 Å². The molecular weight excluding hydrogens is 282 g/mol. The summed E-state index contributed by atoms with van der Waals surface area (Å²) in [7, 11) is 6.78. The van der Waals surface area contributed by atoms with Crippen LogP contribution in [-0.2, 0) is 6.54 Å². The smallest absolute Gasteiger partial charge is 0.0436 e. The first-order valence-electron chi connectivity index (χ1n) is 5.81. The van der Waals surface area contributed by atoms with Gasteiger partial charge >= 0.3 is 0 Å². The summed E-state index contributed by atoms with van der Waals surface area (Å²) in [6.07, 6.45) is 5.71. The second-order valence-corrected chi connectivity index (χ2v) is 13.3. The molecule has 17 heavy (non-hydrogen) atoms. The Labute approximate surface area is 111 Å². The Balaban J connectivity index is 2.32. The van der Waals surface area contributed by atoms with Crippen LogP contribution < -0.4 is 5.30 Å². The Hall–Kier alpha value is 0.480. The predicted molar refractivity (Wildman–Crippen MR) is 90.5 cm³/mol. The highest BCUT2D eigenvalue weighted by Gasteiger charge is 2.16. The molecule has 1 nitrogen and oxygen atoms in total. The van der Waals surface area contributed by atoms with E-state index in [4.69, 9.17) is 0 Å². The van der Waals surface area contributed by atoms with Gasteiger partial charge in [-0.25, -0.2) is 0 Å². The van der Waals surface area contributed by atoms with Gasteiger partial charge < -0.3 is 4.90 Å². The largest absolute Gasteiger partial charge is 0.373 e. The van der Waals surface area contributed by atoms with E-state index in [1.807, 2.05) is 0 Å². The van der Waals surface area contributed by atoms with Crippen molar-refractivity contribution in [2.24, 2.45) is 0 Å². The normalized spacial score (nSPS) is 16.5. The molecule has 1 heterocycles. The SMILES string of the molecule is CCCN1C=Cc2cccc(P(P)PP)c2C1. The highest BCUT2D eigenvalue weighted by Crippen LogP contribution is 2.65. The maximum atomic E-state index is 3.03. The second kappa shape index (κ2) is 6.59. The third kappa shape index (κ3) is 3.28. The Morgan fingerprint density at radius 3 is 3.00 bits per heavy atom. The van der Waals surface area contributed by atoms with Gasteiger partial charge in [0.2, 0.25) is 0 Å². The molecule has 0 bridgehead atoms. The van der Waals surface area contributed by atoms with E-state index in [9.17, 15) is 0 Å². The molecule has 1 aromatic carbocycles. The molecule has 0 spiro atoms. The molecule has 0 aromatic heterocycles. The molecule has 0 aliphatic carbocycles. The molecule has 0 amide bonds. The third-order valence-electron chi connectivity index (χ3n) is 2.92. The molecule has 0 radical (unpaired) electrons. The van der Waals surface area contributed by atoms with E-state index < -0.39 is 0 Å². The first-order valence-corrected chi connectivity index (χ1v) is 12.4.